The maximum atomic E-state index is 3.56. The molecule has 2 nitrogen and oxygen atoms in total. The lowest BCUT2D eigenvalue weighted by Gasteiger charge is -2.54. The zero-order valence-corrected chi connectivity index (χ0v) is 13.6. The summed E-state index contributed by atoms with van der Waals surface area (Å²) in [6, 6.07) is 3.44. The number of hydrogen-bond donors (Lipinski definition) is 1. The van der Waals surface area contributed by atoms with Gasteiger partial charge in [0.15, 0.2) is 0 Å². The predicted octanol–water partition coefficient (Wildman–Crippen LogP) is 3.95. The second-order valence-corrected chi connectivity index (χ2v) is 7.52. The van der Waals surface area contributed by atoms with Crippen LogP contribution in [0, 0.1) is 5.92 Å². The van der Waals surface area contributed by atoms with Crippen LogP contribution < -0.4 is 5.32 Å². The van der Waals surface area contributed by atoms with Crippen LogP contribution in [-0.4, -0.2) is 36.1 Å². The van der Waals surface area contributed by atoms with Gasteiger partial charge in [-0.3, -0.25) is 4.90 Å². The van der Waals surface area contributed by atoms with Crippen molar-refractivity contribution in [3.63, 3.8) is 0 Å². The Balaban J connectivity index is 1.73. The Morgan fingerprint density at radius 3 is 2.15 bits per heavy atom. The van der Waals surface area contributed by atoms with Crippen LogP contribution in [0.5, 0.6) is 0 Å². The molecule has 0 aromatic heterocycles. The molecule has 2 heteroatoms. The van der Waals surface area contributed by atoms with E-state index in [1.807, 2.05) is 0 Å². The first-order valence-corrected chi connectivity index (χ1v) is 9.28. The molecule has 116 valence electrons. The van der Waals surface area contributed by atoms with Crippen LogP contribution in [0.1, 0.15) is 77.6 Å². The van der Waals surface area contributed by atoms with Crippen molar-refractivity contribution in [3.8, 4) is 0 Å². The summed E-state index contributed by atoms with van der Waals surface area (Å²) in [4.78, 5) is 3.02. The zero-order chi connectivity index (χ0) is 13.9. The van der Waals surface area contributed by atoms with E-state index in [-0.39, 0.29) is 0 Å². The zero-order valence-electron chi connectivity index (χ0n) is 13.6. The minimum absolute atomic E-state index is 0.783. The molecule has 0 aromatic rings. The summed E-state index contributed by atoms with van der Waals surface area (Å²) in [6.45, 7) is 2.44. The fourth-order valence-corrected chi connectivity index (χ4v) is 5.50. The van der Waals surface area contributed by atoms with Crippen molar-refractivity contribution in [3.05, 3.63) is 0 Å². The number of nitrogens with one attached hydrogen (secondary N) is 1. The standard InChI is InChI=1S/C18H34N2/c1-3-18(14-8-5-4-6-9-14)20-16-10-7-11-17(20)13-15(12-16)19-2/h14-19H,3-13H2,1-2H3. The summed E-state index contributed by atoms with van der Waals surface area (Å²) in [6.07, 6.45) is 16.0. The largest absolute Gasteiger partial charge is 0.317 e. The summed E-state index contributed by atoms with van der Waals surface area (Å²) >= 11 is 0. The maximum absolute atomic E-state index is 3.56. The lowest BCUT2D eigenvalue weighted by molar-refractivity contribution is -0.0362. The molecule has 20 heavy (non-hydrogen) atoms. The third kappa shape index (κ3) is 2.92. The molecule has 2 heterocycles. The minimum atomic E-state index is 0.783. The van der Waals surface area contributed by atoms with Gasteiger partial charge in [-0.2, -0.15) is 0 Å². The van der Waals surface area contributed by atoms with Crippen molar-refractivity contribution >= 4 is 0 Å². The molecule has 0 aromatic carbocycles. The molecular formula is C18H34N2. The van der Waals surface area contributed by atoms with Gasteiger partial charge in [0.25, 0.3) is 0 Å². The summed E-state index contributed by atoms with van der Waals surface area (Å²) in [5.74, 6) is 1.00. The van der Waals surface area contributed by atoms with Crippen LogP contribution in [0.15, 0.2) is 0 Å². The first-order valence-electron chi connectivity index (χ1n) is 9.28. The highest BCUT2D eigenvalue weighted by molar-refractivity contribution is 4.98. The normalized spacial score (nSPS) is 37.8. The van der Waals surface area contributed by atoms with E-state index >= 15 is 0 Å². The van der Waals surface area contributed by atoms with E-state index in [2.05, 4.69) is 24.2 Å². The van der Waals surface area contributed by atoms with E-state index in [1.165, 1.54) is 70.6 Å². The van der Waals surface area contributed by atoms with E-state index in [9.17, 15) is 0 Å². The van der Waals surface area contributed by atoms with Gasteiger partial charge in [-0.1, -0.05) is 32.6 Å². The fraction of sp³-hybridized carbons (Fsp3) is 1.00. The minimum Gasteiger partial charge on any atom is -0.317 e. The third-order valence-corrected chi connectivity index (χ3v) is 6.43. The van der Waals surface area contributed by atoms with Crippen LogP contribution in [0.3, 0.4) is 0 Å². The second kappa shape index (κ2) is 6.79. The molecule has 3 fully saturated rings. The van der Waals surface area contributed by atoms with Gasteiger partial charge in [0.2, 0.25) is 0 Å². The van der Waals surface area contributed by atoms with Gasteiger partial charge < -0.3 is 5.32 Å². The Hall–Kier alpha value is -0.0800. The van der Waals surface area contributed by atoms with Crippen LogP contribution >= 0.6 is 0 Å². The molecule has 3 unspecified atom stereocenters. The van der Waals surface area contributed by atoms with Crippen molar-refractivity contribution in [1.29, 1.82) is 0 Å². The van der Waals surface area contributed by atoms with Crippen LogP contribution in [0.25, 0.3) is 0 Å². The molecule has 1 saturated carbocycles. The number of piperidine rings is 2. The first-order chi connectivity index (χ1) is 9.83. The smallest absolute Gasteiger partial charge is 0.0127 e. The second-order valence-electron chi connectivity index (χ2n) is 7.52. The predicted molar refractivity (Wildman–Crippen MR) is 86.0 cm³/mol. The van der Waals surface area contributed by atoms with E-state index < -0.39 is 0 Å². The highest BCUT2D eigenvalue weighted by Crippen LogP contribution is 2.40. The van der Waals surface area contributed by atoms with E-state index in [0.717, 1.165) is 30.1 Å². The van der Waals surface area contributed by atoms with E-state index in [4.69, 9.17) is 0 Å². The lowest BCUT2D eigenvalue weighted by Crippen LogP contribution is -2.60. The van der Waals surface area contributed by atoms with Gasteiger partial charge in [0.1, 0.15) is 0 Å². The van der Waals surface area contributed by atoms with Crippen LogP contribution in [-0.2, 0) is 0 Å². The highest BCUT2D eigenvalue weighted by atomic mass is 15.2. The highest BCUT2D eigenvalue weighted by Gasteiger charge is 2.42. The Morgan fingerprint density at radius 2 is 1.60 bits per heavy atom. The van der Waals surface area contributed by atoms with Crippen molar-refractivity contribution in [2.75, 3.05) is 7.05 Å². The van der Waals surface area contributed by atoms with E-state index in [1.54, 1.807) is 0 Å². The molecule has 0 spiro atoms. The maximum Gasteiger partial charge on any atom is 0.0127 e. The molecule has 3 rings (SSSR count). The molecule has 2 bridgehead atoms. The molecule has 1 aliphatic carbocycles. The summed E-state index contributed by atoms with van der Waals surface area (Å²) in [7, 11) is 2.16. The van der Waals surface area contributed by atoms with Crippen LogP contribution in [0.4, 0.5) is 0 Å². The topological polar surface area (TPSA) is 15.3 Å². The number of rotatable bonds is 4. The molecule has 3 aliphatic rings. The van der Waals surface area contributed by atoms with Gasteiger partial charge in [-0.05, 0) is 57.9 Å². The van der Waals surface area contributed by atoms with Crippen molar-refractivity contribution in [2.24, 2.45) is 5.92 Å². The molecule has 2 saturated heterocycles. The molecule has 2 aliphatic heterocycles. The van der Waals surface area contributed by atoms with Crippen LogP contribution in [0.2, 0.25) is 0 Å². The molecule has 0 amide bonds. The third-order valence-electron chi connectivity index (χ3n) is 6.43. The quantitative estimate of drug-likeness (QED) is 0.837. The number of hydrogen-bond acceptors (Lipinski definition) is 2. The summed E-state index contributed by atoms with van der Waals surface area (Å²) in [5, 5.41) is 3.56. The van der Waals surface area contributed by atoms with Crippen molar-refractivity contribution in [2.45, 2.75) is 102 Å². The van der Waals surface area contributed by atoms with Gasteiger partial charge >= 0.3 is 0 Å². The SMILES string of the molecule is CCC(C1CCCCC1)N1C2CCCC1CC(NC)C2. The van der Waals surface area contributed by atoms with E-state index in [0.29, 0.717) is 0 Å². The van der Waals surface area contributed by atoms with Crippen molar-refractivity contribution < 1.29 is 0 Å². The Kier molecular flexibility index (Phi) is 5.04. The van der Waals surface area contributed by atoms with Gasteiger partial charge in [-0.25, -0.2) is 0 Å². The average Bonchev–Trinajstić information content (AvgIpc) is 2.48. The average molecular weight is 278 g/mol. The molecule has 1 N–H and O–H groups in total. The molecular weight excluding hydrogens is 244 g/mol. The fourth-order valence-electron chi connectivity index (χ4n) is 5.50. The number of fused-ring (bicyclic) bond motifs is 2. The Bertz CT molecular complexity index is 284. The molecule has 0 radical (unpaired) electrons. The molecule has 3 atom stereocenters. The Labute approximate surface area is 125 Å². The first kappa shape index (κ1) is 14.8. The summed E-state index contributed by atoms with van der Waals surface area (Å²) in [5.41, 5.74) is 0. The van der Waals surface area contributed by atoms with Gasteiger partial charge in [-0.15, -0.1) is 0 Å². The Morgan fingerprint density at radius 1 is 0.950 bits per heavy atom. The lowest BCUT2D eigenvalue weighted by atomic mass is 9.75. The van der Waals surface area contributed by atoms with Crippen molar-refractivity contribution in [1.82, 2.24) is 10.2 Å². The monoisotopic (exact) mass is 278 g/mol. The summed E-state index contributed by atoms with van der Waals surface area (Å²) < 4.78 is 0. The number of nitrogens with zero attached hydrogens (tertiary/aromatic N) is 1. The van der Waals surface area contributed by atoms with Gasteiger partial charge in [0, 0.05) is 24.2 Å². The van der Waals surface area contributed by atoms with Gasteiger partial charge in [0.05, 0.1) is 0 Å².